The monoisotopic (exact) mass is 207 g/mol. The Morgan fingerprint density at radius 3 is 2.86 bits per heavy atom. The Morgan fingerprint density at radius 1 is 1.71 bits per heavy atom. The molecule has 4 heteroatoms. The zero-order valence-corrected chi connectivity index (χ0v) is 8.72. The average molecular weight is 207 g/mol. The molecule has 1 heterocycles. The van der Waals surface area contributed by atoms with Gasteiger partial charge in [0, 0.05) is 4.88 Å². The molecule has 0 radical (unpaired) electrons. The Bertz CT molecular complexity index is 412. The summed E-state index contributed by atoms with van der Waals surface area (Å²) in [5, 5.41) is 10.6. The van der Waals surface area contributed by atoms with Crippen LogP contribution in [-0.2, 0) is 9.53 Å². The van der Waals surface area contributed by atoms with Crippen LogP contribution in [0.1, 0.15) is 10.4 Å². The Labute approximate surface area is 86.2 Å². The van der Waals surface area contributed by atoms with Gasteiger partial charge in [0.15, 0.2) is 0 Å². The number of nitriles is 1. The topological polar surface area (TPSA) is 50.1 Å². The Balaban J connectivity index is 3.03. The van der Waals surface area contributed by atoms with Crippen LogP contribution in [0.5, 0.6) is 0 Å². The first-order valence-corrected chi connectivity index (χ1v) is 4.81. The Morgan fingerprint density at radius 2 is 2.43 bits per heavy atom. The van der Waals surface area contributed by atoms with Crippen molar-refractivity contribution in [1.29, 1.82) is 5.26 Å². The van der Waals surface area contributed by atoms with Gasteiger partial charge in [-0.1, -0.05) is 0 Å². The summed E-state index contributed by atoms with van der Waals surface area (Å²) >= 11 is 1.57. The molecule has 1 aromatic heterocycles. The van der Waals surface area contributed by atoms with Gasteiger partial charge in [0.2, 0.25) is 0 Å². The van der Waals surface area contributed by atoms with Crippen LogP contribution in [0.25, 0.3) is 6.08 Å². The van der Waals surface area contributed by atoms with Crippen molar-refractivity contribution in [2.45, 2.75) is 6.92 Å². The first-order chi connectivity index (χ1) is 6.69. The molecule has 0 bridgehead atoms. The number of hydrogen-bond acceptors (Lipinski definition) is 4. The standard InChI is InChI=1S/C10H9NO2S/c1-7-8(3-4-14-7)5-9(6-11)10(12)13-2/h3-5H,1-2H3. The molecule has 0 aliphatic carbocycles. The minimum absolute atomic E-state index is 0.0222. The summed E-state index contributed by atoms with van der Waals surface area (Å²) in [6.45, 7) is 1.93. The highest BCUT2D eigenvalue weighted by molar-refractivity contribution is 7.10. The highest BCUT2D eigenvalue weighted by Crippen LogP contribution is 2.18. The van der Waals surface area contributed by atoms with Crippen LogP contribution in [0.4, 0.5) is 0 Å². The van der Waals surface area contributed by atoms with Crippen molar-refractivity contribution in [2.75, 3.05) is 7.11 Å². The van der Waals surface area contributed by atoms with Crippen molar-refractivity contribution in [1.82, 2.24) is 0 Å². The number of aryl methyl sites for hydroxylation is 1. The fourth-order valence-electron chi connectivity index (χ4n) is 0.947. The van der Waals surface area contributed by atoms with Crippen LogP contribution in [0.2, 0.25) is 0 Å². The molecule has 0 aliphatic rings. The van der Waals surface area contributed by atoms with Crippen molar-refractivity contribution in [3.8, 4) is 6.07 Å². The Kier molecular flexibility index (Phi) is 3.43. The van der Waals surface area contributed by atoms with Crippen LogP contribution < -0.4 is 0 Å². The zero-order valence-electron chi connectivity index (χ0n) is 7.90. The summed E-state index contributed by atoms with van der Waals surface area (Å²) in [5.41, 5.74) is 0.908. The van der Waals surface area contributed by atoms with Gasteiger partial charge in [-0.05, 0) is 30.0 Å². The van der Waals surface area contributed by atoms with Gasteiger partial charge in [-0.2, -0.15) is 5.26 Å². The molecule has 0 spiro atoms. The summed E-state index contributed by atoms with van der Waals surface area (Å²) in [6.07, 6.45) is 1.54. The van der Waals surface area contributed by atoms with Crippen molar-refractivity contribution < 1.29 is 9.53 Å². The number of methoxy groups -OCH3 is 1. The quantitative estimate of drug-likeness (QED) is 0.424. The third-order valence-corrected chi connectivity index (χ3v) is 2.59. The average Bonchev–Trinajstić information content (AvgIpc) is 2.59. The molecule has 0 saturated heterocycles. The largest absolute Gasteiger partial charge is 0.465 e. The van der Waals surface area contributed by atoms with E-state index in [0.717, 1.165) is 10.4 Å². The van der Waals surface area contributed by atoms with Crippen LogP contribution in [0.3, 0.4) is 0 Å². The second-order valence-corrected chi connectivity index (χ2v) is 3.71. The van der Waals surface area contributed by atoms with Crippen molar-refractivity contribution in [3.05, 3.63) is 27.5 Å². The molecule has 1 aromatic rings. The first-order valence-electron chi connectivity index (χ1n) is 3.93. The SMILES string of the molecule is COC(=O)C(C#N)=Cc1ccsc1C. The fourth-order valence-corrected chi connectivity index (χ4v) is 1.63. The number of carbonyl (C=O) groups is 1. The van der Waals surface area contributed by atoms with E-state index in [9.17, 15) is 4.79 Å². The molecular weight excluding hydrogens is 198 g/mol. The summed E-state index contributed by atoms with van der Waals surface area (Å²) in [7, 11) is 1.26. The fraction of sp³-hybridized carbons (Fsp3) is 0.200. The molecular formula is C10H9NO2S. The third-order valence-electron chi connectivity index (χ3n) is 1.72. The minimum atomic E-state index is -0.599. The summed E-state index contributed by atoms with van der Waals surface area (Å²) in [6, 6.07) is 3.67. The lowest BCUT2D eigenvalue weighted by atomic mass is 10.2. The third kappa shape index (κ3) is 2.21. The van der Waals surface area contributed by atoms with Gasteiger partial charge in [0.05, 0.1) is 7.11 Å². The van der Waals surface area contributed by atoms with E-state index in [-0.39, 0.29) is 5.57 Å². The van der Waals surface area contributed by atoms with Crippen LogP contribution in [0.15, 0.2) is 17.0 Å². The summed E-state index contributed by atoms with van der Waals surface area (Å²) in [4.78, 5) is 12.1. The van der Waals surface area contributed by atoms with Crippen LogP contribution >= 0.6 is 11.3 Å². The highest BCUT2D eigenvalue weighted by atomic mass is 32.1. The molecule has 0 saturated carbocycles. The van der Waals surface area contributed by atoms with E-state index in [1.54, 1.807) is 11.3 Å². The maximum absolute atomic E-state index is 11.1. The van der Waals surface area contributed by atoms with E-state index < -0.39 is 5.97 Å². The molecule has 0 aliphatic heterocycles. The molecule has 1 rings (SSSR count). The lowest BCUT2D eigenvalue weighted by Gasteiger charge is -1.95. The zero-order chi connectivity index (χ0) is 10.6. The van der Waals surface area contributed by atoms with Crippen LogP contribution in [-0.4, -0.2) is 13.1 Å². The van der Waals surface area contributed by atoms with Crippen LogP contribution in [0, 0.1) is 18.3 Å². The number of nitrogens with zero attached hydrogens (tertiary/aromatic N) is 1. The van der Waals surface area contributed by atoms with E-state index in [1.807, 2.05) is 24.4 Å². The first kappa shape index (κ1) is 10.5. The molecule has 0 aromatic carbocycles. The van der Waals surface area contributed by atoms with Gasteiger partial charge in [0.1, 0.15) is 11.6 Å². The molecule has 0 unspecified atom stereocenters. The van der Waals surface area contributed by atoms with Gasteiger partial charge in [-0.25, -0.2) is 4.79 Å². The van der Waals surface area contributed by atoms with E-state index in [2.05, 4.69) is 4.74 Å². The molecule has 72 valence electrons. The number of thiophene rings is 1. The van der Waals surface area contributed by atoms with Crippen molar-refractivity contribution in [2.24, 2.45) is 0 Å². The molecule has 0 amide bonds. The van der Waals surface area contributed by atoms with E-state index in [4.69, 9.17) is 5.26 Å². The smallest absolute Gasteiger partial charge is 0.348 e. The summed E-state index contributed by atoms with van der Waals surface area (Å²) in [5.74, 6) is -0.599. The highest BCUT2D eigenvalue weighted by Gasteiger charge is 2.09. The van der Waals surface area contributed by atoms with E-state index in [0.29, 0.717) is 0 Å². The molecule has 0 N–H and O–H groups in total. The van der Waals surface area contributed by atoms with Crippen molar-refractivity contribution >= 4 is 23.4 Å². The number of esters is 1. The maximum Gasteiger partial charge on any atom is 0.348 e. The number of carbonyl (C=O) groups excluding carboxylic acids is 1. The molecule has 3 nitrogen and oxygen atoms in total. The lowest BCUT2D eigenvalue weighted by Crippen LogP contribution is -2.02. The Hall–Kier alpha value is -1.60. The second kappa shape index (κ2) is 4.58. The van der Waals surface area contributed by atoms with Gasteiger partial charge in [-0.15, -0.1) is 11.3 Å². The predicted molar refractivity (Wildman–Crippen MR) is 54.7 cm³/mol. The van der Waals surface area contributed by atoms with E-state index in [1.165, 1.54) is 13.2 Å². The lowest BCUT2D eigenvalue weighted by molar-refractivity contribution is -0.135. The molecule has 0 atom stereocenters. The maximum atomic E-state index is 11.1. The molecule has 0 fully saturated rings. The number of hydrogen-bond donors (Lipinski definition) is 0. The van der Waals surface area contributed by atoms with E-state index >= 15 is 0 Å². The minimum Gasteiger partial charge on any atom is -0.465 e. The predicted octanol–water partition coefficient (Wildman–Crippen LogP) is 2.14. The number of rotatable bonds is 2. The normalized spacial score (nSPS) is 10.8. The van der Waals surface area contributed by atoms with Gasteiger partial charge in [-0.3, -0.25) is 0 Å². The van der Waals surface area contributed by atoms with Gasteiger partial charge >= 0.3 is 5.97 Å². The summed E-state index contributed by atoms with van der Waals surface area (Å²) < 4.78 is 4.47. The van der Waals surface area contributed by atoms with Gasteiger partial charge in [0.25, 0.3) is 0 Å². The second-order valence-electron chi connectivity index (χ2n) is 2.59. The van der Waals surface area contributed by atoms with Gasteiger partial charge < -0.3 is 4.74 Å². The van der Waals surface area contributed by atoms with Crippen molar-refractivity contribution in [3.63, 3.8) is 0 Å². The molecule has 14 heavy (non-hydrogen) atoms. The number of ether oxygens (including phenoxy) is 1.